The van der Waals surface area contributed by atoms with Crippen LogP contribution in [-0.2, 0) is 11.3 Å². The predicted molar refractivity (Wildman–Crippen MR) is 68.2 cm³/mol. The number of aromatic nitrogens is 2. The van der Waals surface area contributed by atoms with Crippen LogP contribution in [-0.4, -0.2) is 27.5 Å². The summed E-state index contributed by atoms with van der Waals surface area (Å²) in [5.74, 6) is 0.773. The fourth-order valence-electron chi connectivity index (χ4n) is 2.60. The molecule has 92 valence electrons. The van der Waals surface area contributed by atoms with E-state index in [9.17, 15) is 4.79 Å². The van der Waals surface area contributed by atoms with Gasteiger partial charge in [0.15, 0.2) is 0 Å². The number of imidazole rings is 1. The summed E-state index contributed by atoms with van der Waals surface area (Å²) in [6.07, 6.45) is 1.59. The smallest absolute Gasteiger partial charge is 0.249 e. The topological polar surface area (TPSA) is 64.2 Å². The number of fused-ring (bicyclic) bond motifs is 3. The number of hydrogen-bond acceptors (Lipinski definition) is 3. The molecule has 1 aliphatic carbocycles. The molecule has 0 radical (unpaired) electrons. The molecule has 1 fully saturated rings. The minimum Gasteiger partial charge on any atom is -0.317 e. The first kappa shape index (κ1) is 10.1. The fraction of sp³-hybridized carbons (Fsp3) is 0.385. The molecule has 0 atom stereocenters. The quantitative estimate of drug-likeness (QED) is 0.807. The third-order valence-electron chi connectivity index (χ3n) is 3.88. The lowest BCUT2D eigenvalue weighted by Crippen LogP contribution is -2.45. The van der Waals surface area contributed by atoms with Gasteiger partial charge in [-0.15, -0.1) is 0 Å². The molecule has 5 heteroatoms. The van der Waals surface area contributed by atoms with Gasteiger partial charge in [0, 0.05) is 13.1 Å². The van der Waals surface area contributed by atoms with Crippen molar-refractivity contribution in [3.05, 3.63) is 24.3 Å². The van der Waals surface area contributed by atoms with Gasteiger partial charge in [-0.25, -0.2) is 4.98 Å². The number of carbonyl (C=O) groups excluding carboxylic acids is 1. The summed E-state index contributed by atoms with van der Waals surface area (Å²) in [5.41, 5.74) is 7.40. The van der Waals surface area contributed by atoms with E-state index in [4.69, 9.17) is 5.73 Å². The number of anilines is 1. The second-order valence-electron chi connectivity index (χ2n) is 5.17. The molecule has 0 unspecified atom stereocenters. The van der Waals surface area contributed by atoms with Crippen molar-refractivity contribution in [2.45, 2.75) is 24.9 Å². The second kappa shape index (κ2) is 3.11. The van der Waals surface area contributed by atoms with Crippen LogP contribution in [0.5, 0.6) is 0 Å². The Kier molecular flexibility index (Phi) is 1.74. The van der Waals surface area contributed by atoms with E-state index in [2.05, 4.69) is 9.55 Å². The number of para-hydroxylation sites is 2. The van der Waals surface area contributed by atoms with Gasteiger partial charge in [-0.2, -0.15) is 0 Å². The highest BCUT2D eigenvalue weighted by molar-refractivity contribution is 6.02. The molecule has 1 aliphatic heterocycles. The van der Waals surface area contributed by atoms with E-state index in [1.54, 1.807) is 4.90 Å². The number of benzene rings is 1. The van der Waals surface area contributed by atoms with Crippen molar-refractivity contribution in [1.82, 2.24) is 9.55 Å². The van der Waals surface area contributed by atoms with Crippen molar-refractivity contribution in [3.8, 4) is 0 Å². The van der Waals surface area contributed by atoms with E-state index < -0.39 is 5.54 Å². The van der Waals surface area contributed by atoms with E-state index in [0.29, 0.717) is 6.54 Å². The largest absolute Gasteiger partial charge is 0.317 e. The molecule has 0 saturated heterocycles. The third kappa shape index (κ3) is 1.19. The highest BCUT2D eigenvalue weighted by Gasteiger charge is 2.50. The first-order chi connectivity index (χ1) is 8.69. The van der Waals surface area contributed by atoms with Gasteiger partial charge < -0.3 is 10.3 Å². The molecule has 2 aromatic rings. The van der Waals surface area contributed by atoms with E-state index in [-0.39, 0.29) is 5.91 Å². The SMILES string of the molecule is NC1(C(=O)N2CCn3c2nc2ccccc23)CC1. The molecular formula is C13H14N4O. The van der Waals surface area contributed by atoms with Crippen molar-refractivity contribution < 1.29 is 4.79 Å². The Morgan fingerprint density at radius 3 is 2.83 bits per heavy atom. The standard InChI is InChI=1S/C13H14N4O/c14-13(5-6-13)11(18)17-8-7-16-10-4-2-1-3-9(10)15-12(16)17/h1-4H,5-8,14H2. The summed E-state index contributed by atoms with van der Waals surface area (Å²) in [7, 11) is 0. The molecule has 0 bridgehead atoms. The number of nitrogens with two attached hydrogens (primary N) is 1. The Morgan fingerprint density at radius 2 is 2.06 bits per heavy atom. The van der Waals surface area contributed by atoms with Gasteiger partial charge >= 0.3 is 0 Å². The Balaban J connectivity index is 1.82. The lowest BCUT2D eigenvalue weighted by Gasteiger charge is -2.17. The molecule has 5 nitrogen and oxygen atoms in total. The molecule has 18 heavy (non-hydrogen) atoms. The molecule has 1 aromatic carbocycles. The molecule has 0 spiro atoms. The molecular weight excluding hydrogens is 228 g/mol. The van der Waals surface area contributed by atoms with Crippen LogP contribution in [0.15, 0.2) is 24.3 Å². The summed E-state index contributed by atoms with van der Waals surface area (Å²) in [6, 6.07) is 7.96. The highest BCUT2D eigenvalue weighted by Crippen LogP contribution is 2.37. The lowest BCUT2D eigenvalue weighted by molar-refractivity contribution is -0.120. The van der Waals surface area contributed by atoms with Gasteiger partial charge in [0.25, 0.3) is 0 Å². The van der Waals surface area contributed by atoms with E-state index in [1.165, 1.54) is 0 Å². The fourth-order valence-corrected chi connectivity index (χ4v) is 2.60. The van der Waals surface area contributed by atoms with E-state index >= 15 is 0 Å². The number of nitrogens with zero attached hydrogens (tertiary/aromatic N) is 3. The first-order valence-electron chi connectivity index (χ1n) is 6.25. The summed E-state index contributed by atoms with van der Waals surface area (Å²) < 4.78 is 2.10. The van der Waals surface area contributed by atoms with Gasteiger partial charge in [0.2, 0.25) is 11.9 Å². The van der Waals surface area contributed by atoms with Crippen LogP contribution in [0.25, 0.3) is 11.0 Å². The van der Waals surface area contributed by atoms with Gasteiger partial charge in [-0.3, -0.25) is 9.69 Å². The minimum absolute atomic E-state index is 0.0246. The minimum atomic E-state index is -0.618. The zero-order chi connectivity index (χ0) is 12.3. The Hall–Kier alpha value is -1.88. The van der Waals surface area contributed by atoms with Crippen molar-refractivity contribution in [2.75, 3.05) is 11.4 Å². The Bertz CT molecular complexity index is 656. The van der Waals surface area contributed by atoms with Crippen molar-refractivity contribution in [3.63, 3.8) is 0 Å². The number of hydrogen-bond donors (Lipinski definition) is 1. The maximum Gasteiger partial charge on any atom is 0.249 e. The average molecular weight is 242 g/mol. The van der Waals surface area contributed by atoms with E-state index in [1.807, 2.05) is 24.3 Å². The number of carbonyl (C=O) groups is 1. The normalized spacial score (nSPS) is 20.2. The monoisotopic (exact) mass is 242 g/mol. The zero-order valence-corrected chi connectivity index (χ0v) is 9.97. The molecule has 2 aliphatic rings. The van der Waals surface area contributed by atoms with Crippen LogP contribution < -0.4 is 10.6 Å². The molecule has 2 heterocycles. The van der Waals surface area contributed by atoms with Crippen molar-refractivity contribution in [1.29, 1.82) is 0 Å². The molecule has 1 aromatic heterocycles. The summed E-state index contributed by atoms with van der Waals surface area (Å²) in [5, 5.41) is 0. The molecule has 4 rings (SSSR count). The van der Waals surface area contributed by atoms with Gasteiger partial charge in [-0.1, -0.05) is 12.1 Å². The maximum absolute atomic E-state index is 12.3. The lowest BCUT2D eigenvalue weighted by atomic mass is 10.2. The van der Waals surface area contributed by atoms with Crippen LogP contribution in [0.2, 0.25) is 0 Å². The second-order valence-corrected chi connectivity index (χ2v) is 5.17. The summed E-state index contributed by atoms with van der Waals surface area (Å²) in [4.78, 5) is 18.6. The zero-order valence-electron chi connectivity index (χ0n) is 9.97. The molecule has 2 N–H and O–H groups in total. The number of amides is 1. The van der Waals surface area contributed by atoms with E-state index in [0.717, 1.165) is 36.4 Å². The van der Waals surface area contributed by atoms with Gasteiger partial charge in [0.05, 0.1) is 16.6 Å². The van der Waals surface area contributed by atoms with Crippen LogP contribution in [0.3, 0.4) is 0 Å². The van der Waals surface area contributed by atoms with Gasteiger partial charge in [-0.05, 0) is 25.0 Å². The van der Waals surface area contributed by atoms with Crippen LogP contribution in [0.4, 0.5) is 5.95 Å². The molecule has 1 amide bonds. The maximum atomic E-state index is 12.3. The van der Waals surface area contributed by atoms with Crippen molar-refractivity contribution in [2.24, 2.45) is 5.73 Å². The van der Waals surface area contributed by atoms with Crippen LogP contribution >= 0.6 is 0 Å². The third-order valence-corrected chi connectivity index (χ3v) is 3.88. The summed E-state index contributed by atoms with van der Waals surface area (Å²) >= 11 is 0. The highest BCUT2D eigenvalue weighted by atomic mass is 16.2. The van der Waals surface area contributed by atoms with Crippen LogP contribution in [0, 0.1) is 0 Å². The first-order valence-corrected chi connectivity index (χ1v) is 6.25. The number of rotatable bonds is 1. The van der Waals surface area contributed by atoms with Gasteiger partial charge in [0.1, 0.15) is 0 Å². The predicted octanol–water partition coefficient (Wildman–Crippen LogP) is 0.874. The summed E-state index contributed by atoms with van der Waals surface area (Å²) in [6.45, 7) is 1.49. The van der Waals surface area contributed by atoms with Crippen LogP contribution in [0.1, 0.15) is 12.8 Å². The Morgan fingerprint density at radius 1 is 1.28 bits per heavy atom. The van der Waals surface area contributed by atoms with Crippen molar-refractivity contribution >= 4 is 22.9 Å². The Labute approximate surface area is 104 Å². The average Bonchev–Trinajstić information content (AvgIpc) is 2.87. The molecule has 1 saturated carbocycles.